The summed E-state index contributed by atoms with van der Waals surface area (Å²) in [4.78, 5) is 30.3. The van der Waals surface area contributed by atoms with E-state index < -0.39 is 12.0 Å². The van der Waals surface area contributed by atoms with Gasteiger partial charge >= 0.3 is 0 Å². The van der Waals surface area contributed by atoms with Gasteiger partial charge in [-0.2, -0.15) is 0 Å². The fourth-order valence-corrected chi connectivity index (χ4v) is 5.87. The predicted octanol–water partition coefficient (Wildman–Crippen LogP) is 5.96. The van der Waals surface area contributed by atoms with Crippen LogP contribution in [0.1, 0.15) is 65.5 Å². The third-order valence-corrected chi connectivity index (χ3v) is 7.75. The first-order chi connectivity index (χ1) is 18.5. The zero-order valence-electron chi connectivity index (χ0n) is 22.1. The van der Waals surface area contributed by atoms with Crippen LogP contribution in [0.3, 0.4) is 0 Å². The highest BCUT2D eigenvalue weighted by Crippen LogP contribution is 2.46. The number of hydrogen-bond donors (Lipinski definition) is 1. The lowest BCUT2D eigenvalue weighted by Gasteiger charge is -2.46. The average molecular weight is 515 g/mol. The van der Waals surface area contributed by atoms with Crippen molar-refractivity contribution in [1.82, 2.24) is 4.90 Å². The Morgan fingerprint density at radius 2 is 1.53 bits per heavy atom. The van der Waals surface area contributed by atoms with E-state index in [1.54, 1.807) is 39.5 Å². The lowest BCUT2D eigenvalue weighted by molar-refractivity contribution is -0.119. The molecular weight excluding hydrogens is 480 g/mol. The summed E-state index contributed by atoms with van der Waals surface area (Å²) in [6.07, 6.45) is 5.17. The Bertz CT molecular complexity index is 1300. The molecule has 1 saturated carbocycles. The molecule has 0 saturated heterocycles. The molecule has 5 rings (SSSR count). The second kappa shape index (κ2) is 11.2. The summed E-state index contributed by atoms with van der Waals surface area (Å²) in [7, 11) is 4.77. The van der Waals surface area contributed by atoms with Gasteiger partial charge in [0, 0.05) is 17.7 Å². The first-order valence-electron chi connectivity index (χ1n) is 13.1. The van der Waals surface area contributed by atoms with Crippen molar-refractivity contribution in [1.29, 1.82) is 0 Å². The lowest BCUT2D eigenvalue weighted by atomic mass is 9.77. The molecule has 1 aliphatic heterocycles. The van der Waals surface area contributed by atoms with E-state index in [4.69, 9.17) is 14.2 Å². The molecule has 7 nitrogen and oxygen atoms in total. The average Bonchev–Trinajstić information content (AvgIpc) is 2.97. The maximum atomic E-state index is 14.3. The van der Waals surface area contributed by atoms with Gasteiger partial charge in [-0.1, -0.05) is 49.6 Å². The summed E-state index contributed by atoms with van der Waals surface area (Å²) < 4.78 is 16.3. The standard InChI is InChI=1S/C31H34N2O5/c1-36-22-15-13-20(14-16-22)29-28(30(34)32-26-19-23(37-2)17-18-27(26)38-3)24-11-7-8-12-25(24)31(35)33(29)21-9-5-4-6-10-21/h7-8,11-19,21,28-29H,4-6,9-10H2,1-3H3,(H,32,34)/t28-,29-/m1/s1. The zero-order valence-corrected chi connectivity index (χ0v) is 22.1. The minimum Gasteiger partial charge on any atom is -0.497 e. The zero-order chi connectivity index (χ0) is 26.6. The summed E-state index contributed by atoms with van der Waals surface area (Å²) in [6, 6.07) is 20.1. The van der Waals surface area contributed by atoms with Crippen LogP contribution in [0.25, 0.3) is 0 Å². The van der Waals surface area contributed by atoms with Gasteiger partial charge in [0.1, 0.15) is 17.2 Å². The van der Waals surface area contributed by atoms with Crippen LogP contribution in [0.2, 0.25) is 0 Å². The maximum absolute atomic E-state index is 14.3. The minimum atomic E-state index is -0.630. The number of amides is 2. The molecule has 1 aliphatic carbocycles. The molecular formula is C31H34N2O5. The normalized spacial score (nSPS) is 19.4. The van der Waals surface area contributed by atoms with Gasteiger partial charge in [-0.05, 0) is 54.3 Å². The molecule has 38 heavy (non-hydrogen) atoms. The van der Waals surface area contributed by atoms with Crippen molar-refractivity contribution in [3.05, 3.63) is 83.4 Å². The van der Waals surface area contributed by atoms with Crippen LogP contribution in [0.5, 0.6) is 17.2 Å². The molecule has 0 aromatic heterocycles. The fraction of sp³-hybridized carbons (Fsp3) is 0.355. The van der Waals surface area contributed by atoms with Gasteiger partial charge in [0.2, 0.25) is 5.91 Å². The Morgan fingerprint density at radius 3 is 2.21 bits per heavy atom. The van der Waals surface area contributed by atoms with Crippen molar-refractivity contribution in [3.63, 3.8) is 0 Å². The van der Waals surface area contributed by atoms with Gasteiger partial charge < -0.3 is 24.4 Å². The molecule has 0 spiro atoms. The van der Waals surface area contributed by atoms with E-state index in [9.17, 15) is 9.59 Å². The van der Waals surface area contributed by atoms with Crippen molar-refractivity contribution in [2.75, 3.05) is 26.6 Å². The number of nitrogens with zero attached hydrogens (tertiary/aromatic N) is 1. The van der Waals surface area contributed by atoms with Gasteiger partial charge in [0.15, 0.2) is 0 Å². The highest BCUT2D eigenvalue weighted by molar-refractivity contribution is 6.05. The number of rotatable bonds is 7. The Labute approximate surface area is 223 Å². The van der Waals surface area contributed by atoms with Crippen molar-refractivity contribution >= 4 is 17.5 Å². The van der Waals surface area contributed by atoms with Gasteiger partial charge in [-0.25, -0.2) is 0 Å². The van der Waals surface area contributed by atoms with Crippen molar-refractivity contribution in [2.45, 2.75) is 50.1 Å². The van der Waals surface area contributed by atoms with Crippen molar-refractivity contribution < 1.29 is 23.8 Å². The van der Waals surface area contributed by atoms with Gasteiger partial charge in [0.05, 0.1) is 39.0 Å². The molecule has 3 aromatic carbocycles. The topological polar surface area (TPSA) is 77.1 Å². The predicted molar refractivity (Wildman–Crippen MR) is 146 cm³/mol. The summed E-state index contributed by atoms with van der Waals surface area (Å²) in [5.41, 5.74) is 2.73. The summed E-state index contributed by atoms with van der Waals surface area (Å²) in [6.45, 7) is 0. The molecule has 2 amide bonds. The lowest BCUT2D eigenvalue weighted by Crippen LogP contribution is -2.51. The smallest absolute Gasteiger partial charge is 0.254 e. The van der Waals surface area contributed by atoms with E-state index in [1.165, 1.54) is 6.42 Å². The van der Waals surface area contributed by atoms with E-state index in [2.05, 4.69) is 5.32 Å². The Balaban J connectivity index is 1.64. The molecule has 1 heterocycles. The van der Waals surface area contributed by atoms with Crippen LogP contribution < -0.4 is 19.5 Å². The first kappa shape index (κ1) is 25.6. The monoisotopic (exact) mass is 514 g/mol. The Hall–Kier alpha value is -4.00. The molecule has 0 unspecified atom stereocenters. The molecule has 0 bridgehead atoms. The Kier molecular flexibility index (Phi) is 7.54. The highest BCUT2D eigenvalue weighted by Gasteiger charge is 2.46. The fourth-order valence-electron chi connectivity index (χ4n) is 5.87. The molecule has 198 valence electrons. The number of methoxy groups -OCH3 is 3. The number of anilines is 1. The molecule has 0 radical (unpaired) electrons. The van der Waals surface area contributed by atoms with E-state index in [-0.39, 0.29) is 17.9 Å². The molecule has 2 atom stereocenters. The third kappa shape index (κ3) is 4.80. The molecule has 3 aromatic rings. The van der Waals surface area contributed by atoms with E-state index >= 15 is 0 Å². The minimum absolute atomic E-state index is 0.0173. The number of fused-ring (bicyclic) bond motifs is 1. The molecule has 2 aliphatic rings. The number of nitrogens with one attached hydrogen (secondary N) is 1. The first-order valence-corrected chi connectivity index (χ1v) is 13.1. The van der Waals surface area contributed by atoms with Crippen LogP contribution in [0.4, 0.5) is 5.69 Å². The second-order valence-corrected chi connectivity index (χ2v) is 9.84. The SMILES string of the molecule is COc1ccc([C@@H]2[C@H](C(=O)Nc3cc(OC)ccc3OC)c3ccccc3C(=O)N2C2CCCCC2)cc1. The van der Waals surface area contributed by atoms with Crippen LogP contribution in [0.15, 0.2) is 66.7 Å². The number of benzene rings is 3. The van der Waals surface area contributed by atoms with Gasteiger partial charge in [-0.15, -0.1) is 0 Å². The number of carbonyl (C=O) groups excluding carboxylic acids is 2. The summed E-state index contributed by atoms with van der Waals surface area (Å²) in [5.74, 6) is 1.01. The third-order valence-electron chi connectivity index (χ3n) is 7.75. The van der Waals surface area contributed by atoms with Crippen LogP contribution in [-0.4, -0.2) is 44.1 Å². The number of hydrogen-bond acceptors (Lipinski definition) is 5. The molecule has 7 heteroatoms. The summed E-state index contributed by atoms with van der Waals surface area (Å²) >= 11 is 0. The van der Waals surface area contributed by atoms with Crippen LogP contribution in [0, 0.1) is 0 Å². The second-order valence-electron chi connectivity index (χ2n) is 9.84. The Morgan fingerprint density at radius 1 is 0.842 bits per heavy atom. The maximum Gasteiger partial charge on any atom is 0.254 e. The summed E-state index contributed by atoms with van der Waals surface area (Å²) in [5, 5.41) is 3.10. The largest absolute Gasteiger partial charge is 0.497 e. The van der Waals surface area contributed by atoms with Crippen molar-refractivity contribution in [2.24, 2.45) is 0 Å². The molecule has 1 N–H and O–H groups in total. The molecule has 1 fully saturated rings. The van der Waals surface area contributed by atoms with Gasteiger partial charge in [-0.3, -0.25) is 9.59 Å². The van der Waals surface area contributed by atoms with E-state index in [0.717, 1.165) is 42.6 Å². The van der Waals surface area contributed by atoms with E-state index in [0.29, 0.717) is 22.7 Å². The number of carbonyl (C=O) groups is 2. The van der Waals surface area contributed by atoms with Crippen LogP contribution >= 0.6 is 0 Å². The number of ether oxygens (including phenoxy) is 3. The van der Waals surface area contributed by atoms with Crippen LogP contribution in [-0.2, 0) is 4.79 Å². The van der Waals surface area contributed by atoms with E-state index in [1.807, 2.05) is 53.4 Å². The van der Waals surface area contributed by atoms with Crippen molar-refractivity contribution in [3.8, 4) is 17.2 Å². The quantitative estimate of drug-likeness (QED) is 0.421. The highest BCUT2D eigenvalue weighted by atomic mass is 16.5. The van der Waals surface area contributed by atoms with Gasteiger partial charge in [0.25, 0.3) is 5.91 Å².